The summed E-state index contributed by atoms with van der Waals surface area (Å²) in [6.07, 6.45) is 6.95. The van der Waals surface area contributed by atoms with Gasteiger partial charge in [0, 0.05) is 13.0 Å². The summed E-state index contributed by atoms with van der Waals surface area (Å²) in [7, 11) is 0. The molecule has 0 radical (unpaired) electrons. The molecule has 2 aliphatic rings. The van der Waals surface area contributed by atoms with Gasteiger partial charge in [-0.1, -0.05) is 0 Å². The van der Waals surface area contributed by atoms with Gasteiger partial charge in [0.1, 0.15) is 5.84 Å². The van der Waals surface area contributed by atoms with Crippen molar-refractivity contribution in [3.8, 4) is 0 Å². The first-order valence-corrected chi connectivity index (χ1v) is 7.57. The quantitative estimate of drug-likeness (QED) is 0.804. The Bertz CT molecular complexity index is 287. The highest BCUT2D eigenvalue weighted by Crippen LogP contribution is 2.18. The summed E-state index contributed by atoms with van der Waals surface area (Å²) in [6, 6.07) is 0. The molecular weight excluding hydrogens is 234 g/mol. The molecule has 2 aliphatic heterocycles. The Labute approximate surface area is 107 Å². The summed E-state index contributed by atoms with van der Waals surface area (Å²) >= 11 is 1.72. The van der Waals surface area contributed by atoms with Crippen LogP contribution in [0.15, 0.2) is 4.99 Å². The minimum Gasteiger partial charge on any atom is -0.314 e. The van der Waals surface area contributed by atoms with Crippen molar-refractivity contribution in [2.45, 2.75) is 43.9 Å². The lowest BCUT2D eigenvalue weighted by molar-refractivity contribution is -0.117. The fourth-order valence-electron chi connectivity index (χ4n) is 2.13. The standard InChI is InChI=1S/C12H21N3OS/c16-11(15-10-5-1-3-7-13-10)9-17-12-6-2-4-8-14-12/h12,14H,1-9H2,(H,13,15,16). The predicted octanol–water partition coefficient (Wildman–Crippen LogP) is 1.52. The number of thioether (sulfide) groups is 1. The summed E-state index contributed by atoms with van der Waals surface area (Å²) in [5.74, 6) is 1.53. The number of hydrogen-bond donors (Lipinski definition) is 2. The van der Waals surface area contributed by atoms with Crippen LogP contribution in [0, 0.1) is 0 Å². The van der Waals surface area contributed by atoms with Crippen LogP contribution in [-0.2, 0) is 4.79 Å². The van der Waals surface area contributed by atoms with E-state index in [0.29, 0.717) is 11.1 Å². The fourth-order valence-corrected chi connectivity index (χ4v) is 3.13. The first-order valence-electron chi connectivity index (χ1n) is 6.53. The van der Waals surface area contributed by atoms with E-state index in [0.717, 1.165) is 38.2 Å². The van der Waals surface area contributed by atoms with Crippen molar-refractivity contribution < 1.29 is 4.79 Å². The van der Waals surface area contributed by atoms with Crippen LogP contribution in [0.2, 0.25) is 0 Å². The van der Waals surface area contributed by atoms with Crippen LogP contribution in [0.25, 0.3) is 0 Å². The highest BCUT2D eigenvalue weighted by Gasteiger charge is 2.15. The number of hydrogen-bond acceptors (Lipinski definition) is 4. The van der Waals surface area contributed by atoms with Gasteiger partial charge in [-0.2, -0.15) is 0 Å². The Balaban J connectivity index is 1.64. The third kappa shape index (κ3) is 4.68. The lowest BCUT2D eigenvalue weighted by Gasteiger charge is -2.22. The molecule has 0 spiro atoms. The van der Waals surface area contributed by atoms with E-state index in [4.69, 9.17) is 0 Å². The largest absolute Gasteiger partial charge is 0.314 e. The number of piperidine rings is 1. The molecule has 0 aromatic carbocycles. The summed E-state index contributed by atoms with van der Waals surface area (Å²) < 4.78 is 0. The highest BCUT2D eigenvalue weighted by atomic mass is 32.2. The summed E-state index contributed by atoms with van der Waals surface area (Å²) in [5, 5.41) is 6.81. The van der Waals surface area contributed by atoms with Gasteiger partial charge in [-0.3, -0.25) is 9.79 Å². The number of rotatable bonds is 3. The Morgan fingerprint density at radius 1 is 1.41 bits per heavy atom. The van der Waals surface area contributed by atoms with Gasteiger partial charge < -0.3 is 10.6 Å². The van der Waals surface area contributed by atoms with Crippen molar-refractivity contribution in [2.75, 3.05) is 18.8 Å². The molecule has 0 aliphatic carbocycles. The average Bonchev–Trinajstić information content (AvgIpc) is 2.39. The Kier molecular flexibility index (Phi) is 5.32. The topological polar surface area (TPSA) is 53.5 Å². The SMILES string of the molecule is O=C(CSC1CCCCN1)NC1=NCCCC1. The molecule has 2 rings (SSSR count). The fraction of sp³-hybridized carbons (Fsp3) is 0.833. The van der Waals surface area contributed by atoms with Crippen LogP contribution in [0.1, 0.15) is 38.5 Å². The van der Waals surface area contributed by atoms with Gasteiger partial charge in [0.15, 0.2) is 0 Å². The molecule has 0 aromatic rings. The van der Waals surface area contributed by atoms with E-state index < -0.39 is 0 Å². The zero-order valence-electron chi connectivity index (χ0n) is 10.2. The molecule has 1 fully saturated rings. The van der Waals surface area contributed by atoms with E-state index in [9.17, 15) is 4.79 Å². The molecule has 1 unspecified atom stereocenters. The number of nitrogens with zero attached hydrogens (tertiary/aromatic N) is 1. The first kappa shape index (κ1) is 12.9. The van der Waals surface area contributed by atoms with E-state index in [1.54, 1.807) is 11.8 Å². The molecule has 96 valence electrons. The number of amidine groups is 1. The molecule has 1 saturated heterocycles. The zero-order chi connectivity index (χ0) is 11.9. The summed E-state index contributed by atoms with van der Waals surface area (Å²) in [5.41, 5.74) is 0. The zero-order valence-corrected chi connectivity index (χ0v) is 11.0. The summed E-state index contributed by atoms with van der Waals surface area (Å²) in [4.78, 5) is 16.0. The van der Waals surface area contributed by atoms with Crippen LogP contribution in [0.5, 0.6) is 0 Å². The second-order valence-electron chi connectivity index (χ2n) is 4.58. The van der Waals surface area contributed by atoms with E-state index in [-0.39, 0.29) is 5.91 Å². The lowest BCUT2D eigenvalue weighted by atomic mass is 10.2. The molecule has 2 heterocycles. The molecule has 0 bridgehead atoms. The van der Waals surface area contributed by atoms with Crippen molar-refractivity contribution in [3.05, 3.63) is 0 Å². The summed E-state index contributed by atoms with van der Waals surface area (Å²) in [6.45, 7) is 1.96. The Hall–Kier alpha value is -0.550. The monoisotopic (exact) mass is 255 g/mol. The highest BCUT2D eigenvalue weighted by molar-refractivity contribution is 8.00. The third-order valence-corrected chi connectivity index (χ3v) is 4.32. The number of aliphatic imine (C=N–C) groups is 1. The second-order valence-corrected chi connectivity index (χ2v) is 5.77. The van der Waals surface area contributed by atoms with Crippen LogP contribution >= 0.6 is 11.8 Å². The second kappa shape index (κ2) is 7.01. The maximum Gasteiger partial charge on any atom is 0.235 e. The minimum absolute atomic E-state index is 0.100. The number of amides is 1. The van der Waals surface area contributed by atoms with Crippen LogP contribution in [-0.4, -0.2) is 36.0 Å². The molecular formula is C12H21N3OS. The lowest BCUT2D eigenvalue weighted by Crippen LogP contribution is -2.36. The van der Waals surface area contributed by atoms with Crippen molar-refractivity contribution in [3.63, 3.8) is 0 Å². The van der Waals surface area contributed by atoms with E-state index in [1.165, 1.54) is 19.3 Å². The van der Waals surface area contributed by atoms with Gasteiger partial charge in [0.05, 0.1) is 11.1 Å². The van der Waals surface area contributed by atoms with E-state index in [2.05, 4.69) is 15.6 Å². The van der Waals surface area contributed by atoms with Gasteiger partial charge in [-0.25, -0.2) is 0 Å². The van der Waals surface area contributed by atoms with E-state index in [1.807, 2.05) is 0 Å². The van der Waals surface area contributed by atoms with Gasteiger partial charge in [0.2, 0.25) is 5.91 Å². The molecule has 1 atom stereocenters. The van der Waals surface area contributed by atoms with Crippen molar-refractivity contribution in [1.82, 2.24) is 10.6 Å². The molecule has 1 amide bonds. The molecule has 4 nitrogen and oxygen atoms in total. The Morgan fingerprint density at radius 3 is 3.06 bits per heavy atom. The third-order valence-electron chi connectivity index (χ3n) is 3.09. The van der Waals surface area contributed by atoms with Crippen molar-refractivity contribution >= 4 is 23.5 Å². The van der Waals surface area contributed by atoms with Gasteiger partial charge in [-0.05, 0) is 38.6 Å². The first-order chi connectivity index (χ1) is 8.34. The minimum atomic E-state index is 0.100. The Morgan fingerprint density at radius 2 is 2.35 bits per heavy atom. The molecule has 5 heteroatoms. The predicted molar refractivity (Wildman–Crippen MR) is 72.4 cm³/mol. The number of nitrogens with one attached hydrogen (secondary N) is 2. The number of carbonyl (C=O) groups excluding carboxylic acids is 1. The molecule has 0 saturated carbocycles. The molecule has 2 N–H and O–H groups in total. The molecule has 0 aromatic heterocycles. The smallest absolute Gasteiger partial charge is 0.235 e. The maximum absolute atomic E-state index is 11.7. The van der Waals surface area contributed by atoms with Gasteiger partial charge >= 0.3 is 0 Å². The molecule has 17 heavy (non-hydrogen) atoms. The van der Waals surface area contributed by atoms with Crippen molar-refractivity contribution in [2.24, 2.45) is 4.99 Å². The van der Waals surface area contributed by atoms with Gasteiger partial charge in [0.25, 0.3) is 0 Å². The van der Waals surface area contributed by atoms with Crippen LogP contribution in [0.4, 0.5) is 0 Å². The van der Waals surface area contributed by atoms with Crippen molar-refractivity contribution in [1.29, 1.82) is 0 Å². The average molecular weight is 255 g/mol. The normalized spacial score (nSPS) is 25.2. The number of carbonyl (C=O) groups is 1. The van der Waals surface area contributed by atoms with Crippen LogP contribution < -0.4 is 10.6 Å². The van der Waals surface area contributed by atoms with E-state index >= 15 is 0 Å². The van der Waals surface area contributed by atoms with Crippen LogP contribution in [0.3, 0.4) is 0 Å². The maximum atomic E-state index is 11.7. The van der Waals surface area contributed by atoms with Gasteiger partial charge in [-0.15, -0.1) is 11.8 Å².